The third-order valence-corrected chi connectivity index (χ3v) is 2.15. The van der Waals surface area contributed by atoms with Crippen molar-refractivity contribution in [3.8, 4) is 0 Å². The van der Waals surface area contributed by atoms with Crippen LogP contribution in [0.25, 0.3) is 0 Å². The second kappa shape index (κ2) is 2.86. The number of hydrogen-bond donors (Lipinski definition) is 1. The van der Waals surface area contributed by atoms with Crippen LogP contribution in [0.5, 0.6) is 0 Å². The van der Waals surface area contributed by atoms with Gasteiger partial charge in [0.05, 0.1) is 12.6 Å². The van der Waals surface area contributed by atoms with Crippen LogP contribution in [0, 0.1) is 6.61 Å². The van der Waals surface area contributed by atoms with E-state index in [0.717, 1.165) is 26.2 Å². The molecule has 2 aliphatic rings. The number of fused-ring (bicyclic) bond motifs is 1. The average molecular weight is 141 g/mol. The molecule has 0 aromatic rings. The Morgan fingerprint density at radius 2 is 2.50 bits per heavy atom. The Hall–Kier alpha value is -0.120. The molecule has 3 nitrogen and oxygen atoms in total. The summed E-state index contributed by atoms with van der Waals surface area (Å²) in [5.41, 5.74) is 0. The molecule has 1 unspecified atom stereocenters. The SMILES string of the molecule is [CH]1OCCN2CCNCC12. The second-order valence-electron chi connectivity index (χ2n) is 2.81. The van der Waals surface area contributed by atoms with Crippen molar-refractivity contribution < 1.29 is 4.74 Å². The molecule has 2 rings (SSSR count). The fourth-order valence-electron chi connectivity index (χ4n) is 1.53. The molecular formula is C7H13N2O. The van der Waals surface area contributed by atoms with Gasteiger partial charge in [0.25, 0.3) is 0 Å². The van der Waals surface area contributed by atoms with Gasteiger partial charge < -0.3 is 10.1 Å². The minimum absolute atomic E-state index is 0.530. The molecule has 0 amide bonds. The maximum Gasteiger partial charge on any atom is 0.102 e. The van der Waals surface area contributed by atoms with Crippen LogP contribution in [0.4, 0.5) is 0 Å². The zero-order valence-corrected chi connectivity index (χ0v) is 6.05. The summed E-state index contributed by atoms with van der Waals surface area (Å²) in [7, 11) is 0. The Morgan fingerprint density at radius 3 is 3.40 bits per heavy atom. The molecule has 0 aromatic heterocycles. The summed E-state index contributed by atoms with van der Waals surface area (Å²) in [4.78, 5) is 2.46. The smallest absolute Gasteiger partial charge is 0.102 e. The van der Waals surface area contributed by atoms with Crippen LogP contribution in [-0.2, 0) is 4.74 Å². The molecule has 0 aromatic carbocycles. The van der Waals surface area contributed by atoms with Gasteiger partial charge in [0, 0.05) is 26.2 Å². The van der Waals surface area contributed by atoms with Crippen LogP contribution >= 0.6 is 0 Å². The number of rotatable bonds is 0. The van der Waals surface area contributed by atoms with Crippen molar-refractivity contribution in [1.29, 1.82) is 0 Å². The van der Waals surface area contributed by atoms with Crippen LogP contribution in [0.15, 0.2) is 0 Å². The lowest BCUT2D eigenvalue weighted by molar-refractivity contribution is 0.0279. The molecule has 1 N–H and O–H groups in total. The Labute approximate surface area is 61.3 Å². The first-order valence-corrected chi connectivity index (χ1v) is 3.86. The first-order valence-electron chi connectivity index (χ1n) is 3.86. The molecule has 0 spiro atoms. The van der Waals surface area contributed by atoms with Crippen molar-refractivity contribution in [2.75, 3.05) is 32.8 Å². The highest BCUT2D eigenvalue weighted by Gasteiger charge is 2.25. The van der Waals surface area contributed by atoms with E-state index in [1.54, 1.807) is 0 Å². The van der Waals surface area contributed by atoms with E-state index in [1.165, 1.54) is 6.54 Å². The Bertz CT molecular complexity index is 92.2. The minimum Gasteiger partial charge on any atom is -0.372 e. The van der Waals surface area contributed by atoms with E-state index in [0.29, 0.717) is 6.04 Å². The van der Waals surface area contributed by atoms with Gasteiger partial charge in [0.1, 0.15) is 6.61 Å². The summed E-state index contributed by atoms with van der Waals surface area (Å²) < 4.78 is 5.23. The summed E-state index contributed by atoms with van der Waals surface area (Å²) in [6.45, 7) is 7.28. The predicted octanol–water partition coefficient (Wildman–Crippen LogP) is -0.548. The second-order valence-corrected chi connectivity index (χ2v) is 2.81. The largest absolute Gasteiger partial charge is 0.372 e. The molecule has 10 heavy (non-hydrogen) atoms. The van der Waals surface area contributed by atoms with E-state index in [4.69, 9.17) is 4.74 Å². The van der Waals surface area contributed by atoms with Crippen LogP contribution in [0.3, 0.4) is 0 Å². The van der Waals surface area contributed by atoms with Crippen LogP contribution < -0.4 is 5.32 Å². The van der Waals surface area contributed by atoms with Gasteiger partial charge in [-0.25, -0.2) is 0 Å². The van der Waals surface area contributed by atoms with Gasteiger partial charge >= 0.3 is 0 Å². The van der Waals surface area contributed by atoms with Crippen LogP contribution in [0.2, 0.25) is 0 Å². The van der Waals surface area contributed by atoms with Crippen LogP contribution in [0.1, 0.15) is 0 Å². The molecular weight excluding hydrogens is 128 g/mol. The third-order valence-electron chi connectivity index (χ3n) is 2.15. The van der Waals surface area contributed by atoms with Gasteiger partial charge in [-0.05, 0) is 0 Å². The van der Waals surface area contributed by atoms with E-state index >= 15 is 0 Å². The third kappa shape index (κ3) is 1.17. The monoisotopic (exact) mass is 141 g/mol. The van der Waals surface area contributed by atoms with E-state index in [-0.39, 0.29) is 0 Å². The predicted molar refractivity (Wildman–Crippen MR) is 38.5 cm³/mol. The lowest BCUT2D eigenvalue weighted by Gasteiger charge is -2.38. The van der Waals surface area contributed by atoms with Crippen molar-refractivity contribution in [2.45, 2.75) is 6.04 Å². The highest BCUT2D eigenvalue weighted by Crippen LogP contribution is 2.10. The van der Waals surface area contributed by atoms with E-state index < -0.39 is 0 Å². The van der Waals surface area contributed by atoms with Gasteiger partial charge in [-0.3, -0.25) is 4.90 Å². The number of nitrogens with one attached hydrogen (secondary N) is 1. The molecule has 57 valence electrons. The standard InChI is InChI=1S/C7H13N2O/c1-2-9-3-4-10-6-7(9)5-8-1/h6-8H,1-5H2. The van der Waals surface area contributed by atoms with Crippen molar-refractivity contribution >= 4 is 0 Å². The Morgan fingerprint density at radius 1 is 1.50 bits per heavy atom. The van der Waals surface area contributed by atoms with Crippen LogP contribution in [-0.4, -0.2) is 43.7 Å². The van der Waals surface area contributed by atoms with Crippen molar-refractivity contribution in [2.24, 2.45) is 0 Å². The Kier molecular flexibility index (Phi) is 1.88. The lowest BCUT2D eigenvalue weighted by Crippen LogP contribution is -2.54. The topological polar surface area (TPSA) is 24.5 Å². The molecule has 2 aliphatic heterocycles. The number of ether oxygens (including phenoxy) is 1. The molecule has 0 bridgehead atoms. The van der Waals surface area contributed by atoms with Crippen molar-refractivity contribution in [1.82, 2.24) is 10.2 Å². The fourth-order valence-corrected chi connectivity index (χ4v) is 1.53. The minimum atomic E-state index is 0.530. The molecule has 3 heteroatoms. The zero-order valence-electron chi connectivity index (χ0n) is 6.05. The Balaban J connectivity index is 1.93. The number of piperazine rings is 1. The molecule has 1 atom stereocenters. The number of hydrogen-bond acceptors (Lipinski definition) is 3. The van der Waals surface area contributed by atoms with E-state index in [9.17, 15) is 0 Å². The zero-order chi connectivity index (χ0) is 6.81. The average Bonchev–Trinajstić information content (AvgIpc) is 2.05. The first-order chi connectivity index (χ1) is 4.97. The van der Waals surface area contributed by atoms with Gasteiger partial charge in [0.2, 0.25) is 0 Å². The molecule has 1 radical (unpaired) electrons. The van der Waals surface area contributed by atoms with Gasteiger partial charge in [-0.1, -0.05) is 0 Å². The van der Waals surface area contributed by atoms with Gasteiger partial charge in [-0.2, -0.15) is 0 Å². The van der Waals surface area contributed by atoms with Gasteiger partial charge in [0.15, 0.2) is 0 Å². The molecule has 2 fully saturated rings. The van der Waals surface area contributed by atoms with E-state index in [1.807, 2.05) is 6.61 Å². The maximum atomic E-state index is 5.23. The number of morpholine rings is 1. The normalized spacial score (nSPS) is 35.4. The maximum absolute atomic E-state index is 5.23. The fraction of sp³-hybridized carbons (Fsp3) is 0.857. The van der Waals surface area contributed by atoms with Crippen molar-refractivity contribution in [3.05, 3.63) is 6.61 Å². The summed E-state index contributed by atoms with van der Waals surface area (Å²) in [6.07, 6.45) is 0. The summed E-state index contributed by atoms with van der Waals surface area (Å²) in [6, 6.07) is 0.530. The molecule has 2 saturated heterocycles. The first kappa shape index (κ1) is 6.58. The molecule has 2 heterocycles. The highest BCUT2D eigenvalue weighted by atomic mass is 16.5. The summed E-state index contributed by atoms with van der Waals surface area (Å²) in [5, 5.41) is 3.33. The quantitative estimate of drug-likeness (QED) is 0.490. The molecule has 0 saturated carbocycles. The summed E-state index contributed by atoms with van der Waals surface area (Å²) in [5.74, 6) is 0. The lowest BCUT2D eigenvalue weighted by atomic mass is 10.2. The van der Waals surface area contributed by atoms with E-state index in [2.05, 4.69) is 10.2 Å². The highest BCUT2D eigenvalue weighted by molar-refractivity contribution is 4.88. The summed E-state index contributed by atoms with van der Waals surface area (Å²) >= 11 is 0. The van der Waals surface area contributed by atoms with Gasteiger partial charge in [-0.15, -0.1) is 0 Å². The number of nitrogens with zero attached hydrogens (tertiary/aromatic N) is 1. The van der Waals surface area contributed by atoms with Crippen molar-refractivity contribution in [3.63, 3.8) is 0 Å². The molecule has 0 aliphatic carbocycles.